The zero-order valence-corrected chi connectivity index (χ0v) is 13.4. The fourth-order valence-corrected chi connectivity index (χ4v) is 2.66. The lowest BCUT2D eigenvalue weighted by Crippen LogP contribution is -2.05. The van der Waals surface area contributed by atoms with Crippen molar-refractivity contribution in [2.75, 3.05) is 18.5 Å². The van der Waals surface area contributed by atoms with Crippen LogP contribution in [0.25, 0.3) is 33.4 Å². The number of aromatic amines is 2. The molecule has 0 amide bonds. The number of nitrogens with one attached hydrogen (secondary N) is 3. The molecule has 0 aliphatic heterocycles. The van der Waals surface area contributed by atoms with Gasteiger partial charge in [0.05, 0.1) is 24.3 Å². The van der Waals surface area contributed by atoms with E-state index >= 15 is 0 Å². The van der Waals surface area contributed by atoms with Crippen LogP contribution >= 0.6 is 0 Å². The van der Waals surface area contributed by atoms with Gasteiger partial charge in [0.1, 0.15) is 11.5 Å². The van der Waals surface area contributed by atoms with Gasteiger partial charge in [-0.1, -0.05) is 0 Å². The lowest BCUT2D eigenvalue weighted by atomic mass is 10.1. The lowest BCUT2D eigenvalue weighted by molar-refractivity contribution is 0.292. The number of aliphatic hydroxyl groups excluding tert-OH is 1. The predicted molar refractivity (Wildman–Crippen MR) is 94.9 cm³/mol. The minimum Gasteiger partial charge on any atom is -0.396 e. The summed E-state index contributed by atoms with van der Waals surface area (Å²) in [4.78, 5) is 16.5. The van der Waals surface area contributed by atoms with E-state index in [0.29, 0.717) is 18.8 Å². The third kappa shape index (κ3) is 3.07. The molecular formula is C17H17N7O. The molecule has 8 nitrogen and oxygen atoms in total. The van der Waals surface area contributed by atoms with E-state index in [2.05, 4.69) is 41.5 Å². The SMILES string of the molecule is OCCCNc1cncc(-c2c[nH]c3ncc(-c4cn[nH]c4)cc23)n1. The van der Waals surface area contributed by atoms with Crippen molar-refractivity contribution < 1.29 is 5.11 Å². The molecule has 4 aromatic heterocycles. The standard InChI is InChI=1S/C17H17N7O/c25-3-1-2-19-16-10-18-9-15(24-16)14-8-21-17-13(14)4-11(5-20-17)12-6-22-23-7-12/h4-10,25H,1-3H2,(H,19,24)(H,20,21)(H,22,23). The highest BCUT2D eigenvalue weighted by Gasteiger charge is 2.11. The summed E-state index contributed by atoms with van der Waals surface area (Å²) in [5.41, 5.74) is 4.44. The van der Waals surface area contributed by atoms with Crippen LogP contribution in [0.5, 0.6) is 0 Å². The van der Waals surface area contributed by atoms with Gasteiger partial charge in [-0.3, -0.25) is 10.1 Å². The van der Waals surface area contributed by atoms with E-state index in [4.69, 9.17) is 5.11 Å². The summed E-state index contributed by atoms with van der Waals surface area (Å²) in [6.07, 6.45) is 11.4. The molecule has 4 heterocycles. The van der Waals surface area contributed by atoms with Crippen LogP contribution in [-0.4, -0.2) is 48.4 Å². The van der Waals surface area contributed by atoms with Crippen molar-refractivity contribution in [2.24, 2.45) is 0 Å². The summed E-state index contributed by atoms with van der Waals surface area (Å²) in [7, 11) is 0. The molecule has 0 bridgehead atoms. The largest absolute Gasteiger partial charge is 0.396 e. The smallest absolute Gasteiger partial charge is 0.145 e. The molecule has 0 saturated heterocycles. The van der Waals surface area contributed by atoms with Crippen molar-refractivity contribution in [3.05, 3.63) is 43.2 Å². The number of anilines is 1. The average Bonchev–Trinajstić information content (AvgIpc) is 3.31. The Labute approximate surface area is 143 Å². The summed E-state index contributed by atoms with van der Waals surface area (Å²) in [6, 6.07) is 2.06. The van der Waals surface area contributed by atoms with Crippen molar-refractivity contribution in [2.45, 2.75) is 6.42 Å². The predicted octanol–water partition coefficient (Wildman–Crippen LogP) is 2.20. The maximum atomic E-state index is 8.88. The molecule has 8 heteroatoms. The van der Waals surface area contributed by atoms with Gasteiger partial charge in [-0.25, -0.2) is 9.97 Å². The van der Waals surface area contributed by atoms with E-state index in [1.807, 2.05) is 18.6 Å². The minimum atomic E-state index is 0.144. The topological polar surface area (TPSA) is 115 Å². The number of rotatable bonds is 6. The lowest BCUT2D eigenvalue weighted by Gasteiger charge is -2.06. The third-order valence-corrected chi connectivity index (χ3v) is 3.91. The average molecular weight is 335 g/mol. The summed E-state index contributed by atoms with van der Waals surface area (Å²) in [5.74, 6) is 0.680. The summed E-state index contributed by atoms with van der Waals surface area (Å²) >= 11 is 0. The molecule has 0 spiro atoms. The van der Waals surface area contributed by atoms with E-state index in [1.54, 1.807) is 18.6 Å². The van der Waals surface area contributed by atoms with Gasteiger partial charge in [-0.15, -0.1) is 0 Å². The van der Waals surface area contributed by atoms with E-state index in [0.717, 1.165) is 33.4 Å². The zero-order chi connectivity index (χ0) is 17.1. The molecule has 0 atom stereocenters. The molecule has 25 heavy (non-hydrogen) atoms. The van der Waals surface area contributed by atoms with Gasteiger partial charge < -0.3 is 15.4 Å². The van der Waals surface area contributed by atoms with Gasteiger partial charge in [-0.05, 0) is 12.5 Å². The van der Waals surface area contributed by atoms with Gasteiger partial charge >= 0.3 is 0 Å². The summed E-state index contributed by atoms with van der Waals surface area (Å²) in [6.45, 7) is 0.791. The molecule has 4 aromatic rings. The van der Waals surface area contributed by atoms with Crippen LogP contribution < -0.4 is 5.32 Å². The molecule has 0 saturated carbocycles. The van der Waals surface area contributed by atoms with Crippen LogP contribution in [0, 0.1) is 0 Å². The Morgan fingerprint density at radius 1 is 1.08 bits per heavy atom. The van der Waals surface area contributed by atoms with Crippen molar-refractivity contribution >= 4 is 16.9 Å². The highest BCUT2D eigenvalue weighted by molar-refractivity contribution is 5.94. The molecule has 0 aliphatic carbocycles. The number of hydrogen-bond donors (Lipinski definition) is 4. The highest BCUT2D eigenvalue weighted by atomic mass is 16.3. The number of H-pyrrole nitrogens is 2. The van der Waals surface area contributed by atoms with Crippen LogP contribution in [0.4, 0.5) is 5.82 Å². The molecule has 0 aliphatic rings. The first-order chi connectivity index (χ1) is 12.3. The molecule has 4 rings (SSSR count). The quantitative estimate of drug-likeness (QED) is 0.402. The van der Waals surface area contributed by atoms with Crippen molar-refractivity contribution in [3.8, 4) is 22.4 Å². The van der Waals surface area contributed by atoms with Crippen LogP contribution in [0.3, 0.4) is 0 Å². The molecule has 0 fully saturated rings. The number of aliphatic hydroxyl groups is 1. The maximum absolute atomic E-state index is 8.88. The van der Waals surface area contributed by atoms with Crippen LogP contribution in [-0.2, 0) is 0 Å². The second kappa shape index (κ2) is 6.70. The van der Waals surface area contributed by atoms with Gasteiger partial charge in [-0.2, -0.15) is 5.10 Å². The number of hydrogen-bond acceptors (Lipinski definition) is 6. The second-order valence-electron chi connectivity index (χ2n) is 5.60. The summed E-state index contributed by atoms with van der Waals surface area (Å²) < 4.78 is 0. The first kappa shape index (κ1) is 15.3. The third-order valence-electron chi connectivity index (χ3n) is 3.91. The van der Waals surface area contributed by atoms with E-state index < -0.39 is 0 Å². The van der Waals surface area contributed by atoms with Gasteiger partial charge in [0, 0.05) is 53.8 Å². The van der Waals surface area contributed by atoms with E-state index in [1.165, 1.54) is 0 Å². The number of nitrogens with zero attached hydrogens (tertiary/aromatic N) is 4. The Bertz CT molecular complexity index is 978. The number of fused-ring (bicyclic) bond motifs is 1. The molecule has 4 N–H and O–H groups in total. The first-order valence-corrected chi connectivity index (χ1v) is 7.98. The Kier molecular flexibility index (Phi) is 4.09. The van der Waals surface area contributed by atoms with Crippen molar-refractivity contribution in [1.82, 2.24) is 30.1 Å². The highest BCUT2D eigenvalue weighted by Crippen LogP contribution is 2.29. The van der Waals surface area contributed by atoms with E-state index in [9.17, 15) is 0 Å². The number of pyridine rings is 1. The Morgan fingerprint density at radius 2 is 2.04 bits per heavy atom. The van der Waals surface area contributed by atoms with Crippen LogP contribution in [0.2, 0.25) is 0 Å². The fraction of sp³-hybridized carbons (Fsp3) is 0.176. The van der Waals surface area contributed by atoms with Gasteiger partial charge in [0.25, 0.3) is 0 Å². The molecule has 126 valence electrons. The first-order valence-electron chi connectivity index (χ1n) is 7.98. The Hall–Kier alpha value is -3.26. The zero-order valence-electron chi connectivity index (χ0n) is 13.4. The summed E-state index contributed by atoms with van der Waals surface area (Å²) in [5, 5.41) is 19.8. The second-order valence-corrected chi connectivity index (χ2v) is 5.60. The molecule has 0 unspecified atom stereocenters. The molecular weight excluding hydrogens is 318 g/mol. The van der Waals surface area contributed by atoms with E-state index in [-0.39, 0.29) is 6.61 Å². The normalized spacial score (nSPS) is 11.1. The van der Waals surface area contributed by atoms with Gasteiger partial charge in [0.15, 0.2) is 0 Å². The Balaban J connectivity index is 1.71. The van der Waals surface area contributed by atoms with Crippen molar-refractivity contribution in [3.63, 3.8) is 0 Å². The van der Waals surface area contributed by atoms with Crippen molar-refractivity contribution in [1.29, 1.82) is 0 Å². The maximum Gasteiger partial charge on any atom is 0.145 e. The monoisotopic (exact) mass is 335 g/mol. The van der Waals surface area contributed by atoms with Crippen LogP contribution in [0.15, 0.2) is 43.2 Å². The Morgan fingerprint density at radius 3 is 2.88 bits per heavy atom. The molecule has 0 aromatic carbocycles. The minimum absolute atomic E-state index is 0.144. The van der Waals surface area contributed by atoms with Crippen LogP contribution in [0.1, 0.15) is 6.42 Å². The molecule has 0 radical (unpaired) electrons. The number of aromatic nitrogens is 6. The van der Waals surface area contributed by atoms with Gasteiger partial charge in [0.2, 0.25) is 0 Å². The fourth-order valence-electron chi connectivity index (χ4n) is 2.66.